The fourth-order valence-corrected chi connectivity index (χ4v) is 1.09. The van der Waals surface area contributed by atoms with Crippen molar-refractivity contribution in [1.29, 1.82) is 0 Å². The topological polar surface area (TPSA) is 259 Å². The standard InChI is InChI=1S/2C5H8N2O5/c2*6-5(12)7-2(4(10)11)1-3(8)9/h2*2H,1H2,(H,8,9)(H,10,11)(H3,6,7,12)/t2*2-/m00/s1. The zero-order valence-corrected chi connectivity index (χ0v) is 12.0. The van der Waals surface area contributed by atoms with Gasteiger partial charge >= 0.3 is 35.9 Å². The molecule has 0 bridgehead atoms. The number of primary amides is 2. The van der Waals surface area contributed by atoms with E-state index in [1.165, 1.54) is 0 Å². The molecule has 0 unspecified atom stereocenters. The first-order chi connectivity index (χ1) is 10.9. The SMILES string of the molecule is NC(=O)N[C@@H](CC(=O)O)C(=O)O.NC(=O)N[C@@H](CC(=O)O)C(=O)O. The van der Waals surface area contributed by atoms with Crippen molar-refractivity contribution in [3.63, 3.8) is 0 Å². The third-order valence-electron chi connectivity index (χ3n) is 1.99. The molecule has 0 aliphatic carbocycles. The van der Waals surface area contributed by atoms with Crippen molar-refractivity contribution in [3.8, 4) is 0 Å². The first-order valence-electron chi connectivity index (χ1n) is 5.87. The number of carboxylic acids is 4. The summed E-state index contributed by atoms with van der Waals surface area (Å²) >= 11 is 0. The van der Waals surface area contributed by atoms with Crippen molar-refractivity contribution < 1.29 is 49.2 Å². The van der Waals surface area contributed by atoms with Crippen LogP contribution in [0.4, 0.5) is 9.59 Å². The molecule has 0 rings (SSSR count). The smallest absolute Gasteiger partial charge is 0.326 e. The van der Waals surface area contributed by atoms with Crippen LogP contribution in [0, 0.1) is 0 Å². The van der Waals surface area contributed by atoms with Crippen molar-refractivity contribution in [1.82, 2.24) is 10.6 Å². The van der Waals surface area contributed by atoms with Crippen LogP contribution in [-0.2, 0) is 19.2 Å². The Labute approximate surface area is 133 Å². The van der Waals surface area contributed by atoms with Gasteiger partial charge in [0.05, 0.1) is 12.8 Å². The second-order valence-electron chi connectivity index (χ2n) is 3.99. The van der Waals surface area contributed by atoms with Gasteiger partial charge in [-0.3, -0.25) is 9.59 Å². The molecule has 0 saturated carbocycles. The van der Waals surface area contributed by atoms with Gasteiger partial charge in [-0.2, -0.15) is 0 Å². The van der Waals surface area contributed by atoms with Gasteiger partial charge in [-0.15, -0.1) is 0 Å². The van der Waals surface area contributed by atoms with Gasteiger partial charge < -0.3 is 42.5 Å². The number of nitrogens with one attached hydrogen (secondary N) is 2. The average Bonchev–Trinajstić information content (AvgIpc) is 2.35. The lowest BCUT2D eigenvalue weighted by Crippen LogP contribution is -2.44. The molecule has 0 aliphatic rings. The van der Waals surface area contributed by atoms with Gasteiger partial charge in [0, 0.05) is 0 Å². The number of hydrogen-bond donors (Lipinski definition) is 8. The van der Waals surface area contributed by atoms with E-state index in [2.05, 4.69) is 11.5 Å². The number of carbonyl (C=O) groups excluding carboxylic acids is 2. The van der Waals surface area contributed by atoms with E-state index in [-0.39, 0.29) is 0 Å². The maximum atomic E-state index is 10.2. The third kappa shape index (κ3) is 13.4. The van der Waals surface area contributed by atoms with Crippen LogP contribution in [0.15, 0.2) is 0 Å². The lowest BCUT2D eigenvalue weighted by molar-refractivity contribution is -0.145. The maximum Gasteiger partial charge on any atom is 0.326 e. The summed E-state index contributed by atoms with van der Waals surface area (Å²) < 4.78 is 0. The van der Waals surface area contributed by atoms with Crippen LogP contribution in [0.2, 0.25) is 0 Å². The Balaban J connectivity index is 0. The van der Waals surface area contributed by atoms with Crippen LogP contribution < -0.4 is 22.1 Å². The van der Waals surface area contributed by atoms with Crippen LogP contribution >= 0.6 is 0 Å². The van der Waals surface area contributed by atoms with Crippen LogP contribution in [0.1, 0.15) is 12.8 Å². The molecule has 10 N–H and O–H groups in total. The number of carboxylic acid groups (broad SMARTS) is 4. The monoisotopic (exact) mass is 352 g/mol. The number of urea groups is 2. The predicted molar refractivity (Wildman–Crippen MR) is 72.8 cm³/mol. The number of rotatable bonds is 8. The molecule has 4 amide bonds. The van der Waals surface area contributed by atoms with E-state index in [1.54, 1.807) is 10.6 Å². The third-order valence-corrected chi connectivity index (χ3v) is 1.99. The Kier molecular flexibility index (Phi) is 10.4. The van der Waals surface area contributed by atoms with Crippen LogP contribution in [-0.4, -0.2) is 68.4 Å². The summed E-state index contributed by atoms with van der Waals surface area (Å²) in [5.41, 5.74) is 9.20. The molecule has 136 valence electrons. The zero-order valence-electron chi connectivity index (χ0n) is 12.0. The zero-order chi connectivity index (χ0) is 19.4. The summed E-state index contributed by atoms with van der Waals surface area (Å²) in [6.07, 6.45) is -1.39. The van der Waals surface area contributed by atoms with E-state index < -0.39 is 60.9 Å². The molecule has 2 atom stereocenters. The van der Waals surface area contributed by atoms with E-state index in [9.17, 15) is 28.8 Å². The van der Waals surface area contributed by atoms with E-state index in [4.69, 9.17) is 20.4 Å². The largest absolute Gasteiger partial charge is 0.481 e. The number of hydrogen-bond acceptors (Lipinski definition) is 6. The van der Waals surface area contributed by atoms with E-state index >= 15 is 0 Å². The maximum absolute atomic E-state index is 10.2. The summed E-state index contributed by atoms with van der Waals surface area (Å²) in [4.78, 5) is 60.9. The van der Waals surface area contributed by atoms with Crippen LogP contribution in [0.5, 0.6) is 0 Å². The molecule has 24 heavy (non-hydrogen) atoms. The Morgan fingerprint density at radius 3 is 1.04 bits per heavy atom. The fraction of sp³-hybridized carbons (Fsp3) is 0.400. The quantitative estimate of drug-likeness (QED) is 0.222. The highest BCUT2D eigenvalue weighted by molar-refractivity contribution is 5.86. The van der Waals surface area contributed by atoms with Gasteiger partial charge in [-0.05, 0) is 0 Å². The van der Waals surface area contributed by atoms with E-state index in [1.807, 2.05) is 0 Å². The van der Waals surface area contributed by atoms with Crippen LogP contribution in [0.25, 0.3) is 0 Å². The Morgan fingerprint density at radius 1 is 0.667 bits per heavy atom. The number of amides is 4. The summed E-state index contributed by atoms with van der Waals surface area (Å²) in [5.74, 6) is -5.51. The summed E-state index contributed by atoms with van der Waals surface area (Å²) in [6, 6.07) is -5.08. The first-order valence-corrected chi connectivity index (χ1v) is 5.87. The number of carbonyl (C=O) groups is 6. The van der Waals surface area contributed by atoms with E-state index in [0.717, 1.165) is 0 Å². The molecule has 0 heterocycles. The minimum atomic E-state index is -1.47. The number of aliphatic carboxylic acids is 4. The molecule has 0 aromatic carbocycles. The minimum Gasteiger partial charge on any atom is -0.481 e. The first kappa shape index (κ1) is 22.7. The van der Waals surface area contributed by atoms with Gasteiger partial charge in [0.15, 0.2) is 0 Å². The Hall–Kier alpha value is -3.58. The molecule has 0 aliphatic heterocycles. The van der Waals surface area contributed by atoms with Gasteiger partial charge in [-0.1, -0.05) is 0 Å². The van der Waals surface area contributed by atoms with Crippen LogP contribution in [0.3, 0.4) is 0 Å². The van der Waals surface area contributed by atoms with Gasteiger partial charge in [0.25, 0.3) is 0 Å². The summed E-state index contributed by atoms with van der Waals surface area (Å²) in [7, 11) is 0. The van der Waals surface area contributed by atoms with Crippen molar-refractivity contribution in [2.75, 3.05) is 0 Å². The molecule has 0 spiro atoms. The van der Waals surface area contributed by atoms with Gasteiger partial charge in [0.2, 0.25) is 0 Å². The number of nitrogens with two attached hydrogens (primary N) is 2. The molecule has 14 heteroatoms. The highest BCUT2D eigenvalue weighted by Crippen LogP contribution is 1.92. The molecule has 0 aromatic heterocycles. The summed E-state index contributed by atoms with van der Waals surface area (Å²) in [6.45, 7) is 0. The highest BCUT2D eigenvalue weighted by atomic mass is 16.4. The predicted octanol–water partition coefficient (Wildman–Crippen LogP) is -2.83. The van der Waals surface area contributed by atoms with Gasteiger partial charge in [-0.25, -0.2) is 19.2 Å². The Morgan fingerprint density at radius 2 is 0.917 bits per heavy atom. The minimum absolute atomic E-state index is 0.696. The average molecular weight is 352 g/mol. The van der Waals surface area contributed by atoms with E-state index in [0.29, 0.717) is 0 Å². The second kappa shape index (κ2) is 11.0. The Bertz CT molecular complexity index is 442. The van der Waals surface area contributed by atoms with Crippen molar-refractivity contribution in [3.05, 3.63) is 0 Å². The molecule has 0 aromatic rings. The fourth-order valence-electron chi connectivity index (χ4n) is 1.09. The second-order valence-corrected chi connectivity index (χ2v) is 3.99. The van der Waals surface area contributed by atoms with Crippen molar-refractivity contribution >= 4 is 35.9 Å². The lowest BCUT2D eigenvalue weighted by atomic mass is 10.2. The van der Waals surface area contributed by atoms with Crippen molar-refractivity contribution in [2.45, 2.75) is 24.9 Å². The molecular weight excluding hydrogens is 336 g/mol. The molecule has 0 radical (unpaired) electrons. The molecule has 0 saturated heterocycles. The summed E-state index contributed by atoms with van der Waals surface area (Å²) in [5, 5.41) is 36.6. The molecule has 0 fully saturated rings. The molecule has 14 nitrogen and oxygen atoms in total. The molecular formula is C10H16N4O10. The van der Waals surface area contributed by atoms with Gasteiger partial charge in [0.1, 0.15) is 12.1 Å². The van der Waals surface area contributed by atoms with Crippen molar-refractivity contribution in [2.24, 2.45) is 11.5 Å². The highest BCUT2D eigenvalue weighted by Gasteiger charge is 2.22. The normalized spacial score (nSPS) is 11.7. The lowest BCUT2D eigenvalue weighted by Gasteiger charge is -2.08.